The third-order valence-corrected chi connectivity index (χ3v) is 1.91. The van der Waals surface area contributed by atoms with Crippen LogP contribution in [0, 0.1) is 0 Å². The monoisotopic (exact) mass is 265 g/mol. The van der Waals surface area contributed by atoms with Crippen molar-refractivity contribution in [2.45, 2.75) is 12.5 Å². The van der Waals surface area contributed by atoms with Crippen LogP contribution >= 0.6 is 0 Å². The minimum Gasteiger partial charge on any atom is -0.439 e. The average molecular weight is 265 g/mol. The Hall–Kier alpha value is -1.96. The number of hydrogen-bond donors (Lipinski definition) is 2. The Kier molecular flexibility index (Phi) is 4.38. The minimum absolute atomic E-state index is 0.297. The number of primary amides is 1. The highest BCUT2D eigenvalue weighted by Gasteiger charge is 2.31. The van der Waals surface area contributed by atoms with Crippen LogP contribution in [-0.2, 0) is 4.74 Å². The maximum absolute atomic E-state index is 11.9. The predicted molar refractivity (Wildman–Crippen MR) is 53.6 cm³/mol. The van der Waals surface area contributed by atoms with E-state index in [1.165, 1.54) is 12.1 Å². The van der Waals surface area contributed by atoms with Crippen LogP contribution in [0.15, 0.2) is 24.3 Å². The second-order valence-corrected chi connectivity index (χ2v) is 3.22. The zero-order valence-electron chi connectivity index (χ0n) is 8.98. The number of amides is 1. The predicted octanol–water partition coefficient (Wildman–Crippen LogP) is 1.71. The molecule has 5 nitrogen and oxygen atoms in total. The third kappa shape index (κ3) is 4.50. The fourth-order valence-electron chi connectivity index (χ4n) is 1.24. The Morgan fingerprint density at radius 3 is 2.28 bits per heavy atom. The van der Waals surface area contributed by atoms with Crippen LogP contribution in [0.3, 0.4) is 0 Å². The number of ether oxygens (including phenoxy) is 2. The van der Waals surface area contributed by atoms with Gasteiger partial charge in [-0.05, 0) is 17.7 Å². The standard InChI is InChI=1S/C10H10F3NO4/c11-10(12,13)18-7-3-1-6(2-4-7)8(5-15)17-9(14)16/h1-4,8,15H,5H2,(H2,14,16). The van der Waals surface area contributed by atoms with Gasteiger partial charge in [-0.15, -0.1) is 13.2 Å². The summed E-state index contributed by atoms with van der Waals surface area (Å²) in [6.07, 6.45) is -6.89. The lowest BCUT2D eigenvalue weighted by Gasteiger charge is -2.15. The highest BCUT2D eigenvalue weighted by atomic mass is 19.4. The molecule has 1 aromatic rings. The number of carbonyl (C=O) groups excluding carboxylic acids is 1. The zero-order chi connectivity index (χ0) is 13.8. The van der Waals surface area contributed by atoms with Crippen LogP contribution in [0.1, 0.15) is 11.7 Å². The van der Waals surface area contributed by atoms with Crippen LogP contribution in [0.25, 0.3) is 0 Å². The van der Waals surface area contributed by atoms with Gasteiger partial charge in [-0.3, -0.25) is 0 Å². The van der Waals surface area contributed by atoms with Gasteiger partial charge < -0.3 is 20.3 Å². The molecule has 0 saturated heterocycles. The minimum atomic E-state index is -4.78. The summed E-state index contributed by atoms with van der Waals surface area (Å²) >= 11 is 0. The molecule has 100 valence electrons. The van der Waals surface area contributed by atoms with Crippen molar-refractivity contribution in [2.24, 2.45) is 5.73 Å². The molecule has 8 heteroatoms. The van der Waals surface area contributed by atoms with Crippen molar-refractivity contribution < 1.29 is 32.5 Å². The summed E-state index contributed by atoms with van der Waals surface area (Å²) in [7, 11) is 0. The van der Waals surface area contributed by atoms with E-state index in [9.17, 15) is 18.0 Å². The Balaban J connectivity index is 2.77. The highest BCUT2D eigenvalue weighted by Crippen LogP contribution is 2.25. The quantitative estimate of drug-likeness (QED) is 0.868. The van der Waals surface area contributed by atoms with E-state index in [-0.39, 0.29) is 0 Å². The van der Waals surface area contributed by atoms with Crippen LogP contribution < -0.4 is 10.5 Å². The Bertz CT molecular complexity index is 405. The van der Waals surface area contributed by atoms with Crippen LogP contribution in [0.4, 0.5) is 18.0 Å². The number of rotatable bonds is 4. The average Bonchev–Trinajstić information content (AvgIpc) is 2.24. The number of nitrogens with two attached hydrogens (primary N) is 1. The number of benzene rings is 1. The lowest BCUT2D eigenvalue weighted by molar-refractivity contribution is -0.274. The molecule has 0 radical (unpaired) electrons. The maximum Gasteiger partial charge on any atom is 0.573 e. The maximum atomic E-state index is 11.9. The summed E-state index contributed by atoms with van der Waals surface area (Å²) < 4.78 is 43.9. The lowest BCUT2D eigenvalue weighted by atomic mass is 10.1. The van der Waals surface area contributed by atoms with Crippen molar-refractivity contribution in [3.63, 3.8) is 0 Å². The molecule has 0 aromatic heterocycles. The highest BCUT2D eigenvalue weighted by molar-refractivity contribution is 5.65. The summed E-state index contributed by atoms with van der Waals surface area (Å²) in [6, 6.07) is 4.53. The first-order valence-electron chi connectivity index (χ1n) is 4.74. The van der Waals surface area contributed by atoms with E-state index < -0.39 is 30.9 Å². The van der Waals surface area contributed by atoms with E-state index >= 15 is 0 Å². The van der Waals surface area contributed by atoms with Gasteiger partial charge in [0, 0.05) is 0 Å². The molecule has 0 aliphatic heterocycles. The topological polar surface area (TPSA) is 81.8 Å². The largest absolute Gasteiger partial charge is 0.573 e. The van der Waals surface area contributed by atoms with Crippen molar-refractivity contribution in [1.29, 1.82) is 0 Å². The molecule has 0 heterocycles. The first-order valence-corrected chi connectivity index (χ1v) is 4.74. The van der Waals surface area contributed by atoms with Crippen molar-refractivity contribution >= 4 is 6.09 Å². The molecule has 0 aliphatic rings. The van der Waals surface area contributed by atoms with Crippen LogP contribution in [0.2, 0.25) is 0 Å². The van der Waals surface area contributed by atoms with E-state index in [4.69, 9.17) is 10.8 Å². The molecule has 1 unspecified atom stereocenters. The second-order valence-electron chi connectivity index (χ2n) is 3.22. The van der Waals surface area contributed by atoms with E-state index in [0.717, 1.165) is 12.1 Å². The summed E-state index contributed by atoms with van der Waals surface area (Å²) in [4.78, 5) is 10.5. The number of alkyl halides is 3. The molecular formula is C10H10F3NO4. The van der Waals surface area contributed by atoms with Gasteiger partial charge >= 0.3 is 12.5 Å². The van der Waals surface area contributed by atoms with E-state index in [1.54, 1.807) is 0 Å². The molecule has 1 aromatic carbocycles. The number of aliphatic hydroxyl groups excluding tert-OH is 1. The molecule has 1 amide bonds. The van der Waals surface area contributed by atoms with Crippen LogP contribution in [0.5, 0.6) is 5.75 Å². The first kappa shape index (κ1) is 14.1. The normalized spacial score (nSPS) is 12.9. The zero-order valence-corrected chi connectivity index (χ0v) is 8.98. The summed E-state index contributed by atoms with van der Waals surface area (Å²) in [6.45, 7) is -0.539. The van der Waals surface area contributed by atoms with Gasteiger partial charge in [0.25, 0.3) is 0 Å². The fourth-order valence-corrected chi connectivity index (χ4v) is 1.24. The molecule has 0 fully saturated rings. The van der Waals surface area contributed by atoms with E-state index in [0.29, 0.717) is 5.56 Å². The molecule has 3 N–H and O–H groups in total. The Labute approximate surface area is 99.9 Å². The molecule has 0 saturated carbocycles. The van der Waals surface area contributed by atoms with Gasteiger partial charge in [0.2, 0.25) is 0 Å². The summed E-state index contributed by atoms with van der Waals surface area (Å²) in [5.41, 5.74) is 5.07. The second kappa shape index (κ2) is 5.58. The Morgan fingerprint density at radius 1 is 1.33 bits per heavy atom. The van der Waals surface area contributed by atoms with Gasteiger partial charge in [0.1, 0.15) is 5.75 Å². The van der Waals surface area contributed by atoms with Gasteiger partial charge in [-0.1, -0.05) is 12.1 Å². The molecule has 0 aliphatic carbocycles. The summed E-state index contributed by atoms with van der Waals surface area (Å²) in [5, 5.41) is 8.94. The van der Waals surface area contributed by atoms with Crippen LogP contribution in [-0.4, -0.2) is 24.2 Å². The van der Waals surface area contributed by atoms with Gasteiger partial charge in [0.05, 0.1) is 6.61 Å². The van der Waals surface area contributed by atoms with Gasteiger partial charge in [-0.25, -0.2) is 4.79 Å². The third-order valence-electron chi connectivity index (χ3n) is 1.91. The molecule has 1 atom stereocenters. The van der Waals surface area contributed by atoms with Crippen molar-refractivity contribution in [3.8, 4) is 5.75 Å². The van der Waals surface area contributed by atoms with Gasteiger partial charge in [0.15, 0.2) is 6.10 Å². The smallest absolute Gasteiger partial charge is 0.439 e. The molecule has 0 bridgehead atoms. The number of halogens is 3. The number of carbonyl (C=O) groups is 1. The van der Waals surface area contributed by atoms with Crippen molar-refractivity contribution in [3.05, 3.63) is 29.8 Å². The summed E-state index contributed by atoms with van der Waals surface area (Å²) in [5.74, 6) is -0.415. The fraction of sp³-hybridized carbons (Fsp3) is 0.300. The first-order chi connectivity index (χ1) is 8.31. The molecule has 0 spiro atoms. The molecular weight excluding hydrogens is 255 g/mol. The van der Waals surface area contributed by atoms with Crippen molar-refractivity contribution in [1.82, 2.24) is 0 Å². The van der Waals surface area contributed by atoms with E-state index in [1.807, 2.05) is 0 Å². The number of hydrogen-bond acceptors (Lipinski definition) is 4. The van der Waals surface area contributed by atoms with E-state index in [2.05, 4.69) is 9.47 Å². The lowest BCUT2D eigenvalue weighted by Crippen LogP contribution is -2.20. The SMILES string of the molecule is NC(=O)OC(CO)c1ccc(OC(F)(F)F)cc1. The van der Waals surface area contributed by atoms with Gasteiger partial charge in [-0.2, -0.15) is 0 Å². The molecule has 1 rings (SSSR count). The molecule has 18 heavy (non-hydrogen) atoms. The van der Waals surface area contributed by atoms with Crippen molar-refractivity contribution in [2.75, 3.05) is 6.61 Å². The number of aliphatic hydroxyl groups is 1. The Morgan fingerprint density at radius 2 is 1.89 bits per heavy atom.